The molecule has 2 amide bonds. The van der Waals surface area contributed by atoms with Gasteiger partial charge in [0.15, 0.2) is 0 Å². The average molecular weight is 268 g/mol. The van der Waals surface area contributed by atoms with Gasteiger partial charge in [0.05, 0.1) is 18.5 Å². The van der Waals surface area contributed by atoms with Crippen molar-refractivity contribution in [1.82, 2.24) is 14.8 Å². The molecule has 0 spiro atoms. The number of carbonyl (C=O) groups is 1. The minimum Gasteiger partial charge on any atom is -0.350 e. The van der Waals surface area contributed by atoms with Gasteiger partial charge in [-0.2, -0.15) is 5.26 Å². The number of benzene rings is 1. The highest BCUT2D eigenvalue weighted by Crippen LogP contribution is 2.29. The van der Waals surface area contributed by atoms with E-state index in [1.54, 1.807) is 4.90 Å². The average Bonchev–Trinajstić information content (AvgIpc) is 2.98. The molecule has 1 atom stereocenters. The topological polar surface area (TPSA) is 61.1 Å². The van der Waals surface area contributed by atoms with Crippen LogP contribution in [0.2, 0.25) is 0 Å². The molecule has 1 aromatic carbocycles. The summed E-state index contributed by atoms with van der Waals surface area (Å²) in [4.78, 5) is 13.6. The molecule has 1 N–H and O–H groups in total. The molecule has 102 valence electrons. The molecule has 5 nitrogen and oxygen atoms in total. The van der Waals surface area contributed by atoms with E-state index in [1.807, 2.05) is 19.2 Å². The Kier molecular flexibility index (Phi) is 3.07. The first kappa shape index (κ1) is 12.5. The molecule has 0 saturated carbocycles. The summed E-state index contributed by atoms with van der Waals surface area (Å²) in [5.74, 6) is 0. The van der Waals surface area contributed by atoms with E-state index in [0.29, 0.717) is 19.5 Å². The summed E-state index contributed by atoms with van der Waals surface area (Å²) in [7, 11) is 2.01. The van der Waals surface area contributed by atoms with Crippen molar-refractivity contribution in [1.29, 1.82) is 5.26 Å². The second-order valence-electron chi connectivity index (χ2n) is 5.07. The van der Waals surface area contributed by atoms with E-state index in [0.717, 1.165) is 11.1 Å². The van der Waals surface area contributed by atoms with Crippen LogP contribution in [0.1, 0.15) is 18.0 Å². The van der Waals surface area contributed by atoms with Gasteiger partial charge in [0, 0.05) is 42.8 Å². The third-order valence-corrected chi connectivity index (χ3v) is 3.78. The molecule has 1 saturated heterocycles. The number of carbonyl (C=O) groups excluding carboxylic acids is 1. The molecule has 0 aliphatic carbocycles. The van der Waals surface area contributed by atoms with Crippen LogP contribution in [0.4, 0.5) is 4.79 Å². The Labute approximate surface area is 117 Å². The lowest BCUT2D eigenvalue weighted by Crippen LogP contribution is -2.28. The molecule has 5 heteroatoms. The van der Waals surface area contributed by atoms with Gasteiger partial charge >= 0.3 is 6.03 Å². The first-order valence-electron chi connectivity index (χ1n) is 6.67. The largest absolute Gasteiger partial charge is 0.350 e. The quantitative estimate of drug-likeness (QED) is 0.927. The van der Waals surface area contributed by atoms with E-state index >= 15 is 0 Å². The van der Waals surface area contributed by atoms with E-state index < -0.39 is 0 Å². The third-order valence-electron chi connectivity index (χ3n) is 3.78. The summed E-state index contributed by atoms with van der Waals surface area (Å²) in [6.45, 7) is 1.11. The Morgan fingerprint density at radius 1 is 1.45 bits per heavy atom. The van der Waals surface area contributed by atoms with Crippen LogP contribution in [0, 0.1) is 11.3 Å². The molecule has 1 aliphatic rings. The monoisotopic (exact) mass is 268 g/mol. The molecule has 0 radical (unpaired) electrons. The Balaban J connectivity index is 1.90. The summed E-state index contributed by atoms with van der Waals surface area (Å²) in [5.41, 5.74) is 2.29. The van der Waals surface area contributed by atoms with Crippen LogP contribution in [0.3, 0.4) is 0 Å². The number of rotatable bonds is 3. The Bertz CT molecular complexity index is 697. The number of para-hydroxylation sites is 1. The van der Waals surface area contributed by atoms with Crippen molar-refractivity contribution in [3.8, 4) is 6.07 Å². The molecule has 1 aromatic heterocycles. The first-order chi connectivity index (χ1) is 9.70. The highest BCUT2D eigenvalue weighted by molar-refractivity contribution is 5.86. The van der Waals surface area contributed by atoms with Crippen LogP contribution in [0.15, 0.2) is 30.5 Å². The second kappa shape index (κ2) is 4.89. The van der Waals surface area contributed by atoms with E-state index in [9.17, 15) is 4.79 Å². The molecule has 0 bridgehead atoms. The maximum atomic E-state index is 11.9. The van der Waals surface area contributed by atoms with Gasteiger partial charge < -0.3 is 14.8 Å². The van der Waals surface area contributed by atoms with E-state index in [-0.39, 0.29) is 12.1 Å². The zero-order valence-electron chi connectivity index (χ0n) is 11.3. The number of nitriles is 1. The standard InChI is InChI=1S/C15H16N4O/c1-18-9-12(11-5-2-3-6-14(11)18)13-10-19(8-4-7-16)15(20)17-13/h2-3,5-6,9,13H,4,8,10H2,1H3,(H,17,20). The number of aryl methyl sites for hydroxylation is 1. The number of nitrogens with zero attached hydrogens (tertiary/aromatic N) is 3. The van der Waals surface area contributed by atoms with Crippen LogP contribution < -0.4 is 5.32 Å². The van der Waals surface area contributed by atoms with E-state index in [2.05, 4.69) is 34.3 Å². The van der Waals surface area contributed by atoms with E-state index in [4.69, 9.17) is 5.26 Å². The van der Waals surface area contributed by atoms with Gasteiger partial charge in [-0.05, 0) is 6.07 Å². The SMILES string of the molecule is Cn1cc(C2CN(CCC#N)C(=O)N2)c2ccccc21. The van der Waals surface area contributed by atoms with Gasteiger partial charge in [0.25, 0.3) is 0 Å². The molecule has 2 aromatic rings. The summed E-state index contributed by atoms with van der Waals surface area (Å²) in [6.07, 6.45) is 2.44. The van der Waals surface area contributed by atoms with Gasteiger partial charge in [-0.25, -0.2) is 4.79 Å². The Hall–Kier alpha value is -2.48. The van der Waals surface area contributed by atoms with Gasteiger partial charge in [-0.3, -0.25) is 0 Å². The minimum atomic E-state index is -0.0850. The van der Waals surface area contributed by atoms with Crippen molar-refractivity contribution in [2.24, 2.45) is 7.05 Å². The Morgan fingerprint density at radius 2 is 2.25 bits per heavy atom. The molecular formula is C15H16N4O. The number of fused-ring (bicyclic) bond motifs is 1. The summed E-state index contributed by atoms with van der Waals surface area (Å²) in [5, 5.41) is 12.8. The highest BCUT2D eigenvalue weighted by Gasteiger charge is 2.30. The normalized spacial score (nSPS) is 18.3. The highest BCUT2D eigenvalue weighted by atomic mass is 16.2. The van der Waals surface area contributed by atoms with Crippen LogP contribution in [0.5, 0.6) is 0 Å². The minimum absolute atomic E-state index is 0.00714. The number of amides is 2. The summed E-state index contributed by atoms with van der Waals surface area (Å²) < 4.78 is 2.08. The number of hydrogen-bond acceptors (Lipinski definition) is 2. The van der Waals surface area contributed by atoms with Gasteiger partial charge in [0.2, 0.25) is 0 Å². The van der Waals surface area contributed by atoms with Crippen molar-refractivity contribution in [3.05, 3.63) is 36.0 Å². The number of hydrogen-bond donors (Lipinski definition) is 1. The molecule has 3 rings (SSSR count). The maximum absolute atomic E-state index is 11.9. The van der Waals surface area contributed by atoms with Crippen molar-refractivity contribution in [2.45, 2.75) is 12.5 Å². The van der Waals surface area contributed by atoms with Gasteiger partial charge in [0.1, 0.15) is 0 Å². The van der Waals surface area contributed by atoms with Crippen LogP contribution in [0.25, 0.3) is 10.9 Å². The van der Waals surface area contributed by atoms with Crippen molar-refractivity contribution >= 4 is 16.9 Å². The van der Waals surface area contributed by atoms with Crippen molar-refractivity contribution in [2.75, 3.05) is 13.1 Å². The number of aromatic nitrogens is 1. The van der Waals surface area contributed by atoms with Crippen LogP contribution >= 0.6 is 0 Å². The van der Waals surface area contributed by atoms with Crippen LogP contribution in [-0.2, 0) is 7.05 Å². The molecular weight excluding hydrogens is 252 g/mol. The van der Waals surface area contributed by atoms with Crippen molar-refractivity contribution < 1.29 is 4.79 Å². The van der Waals surface area contributed by atoms with Gasteiger partial charge in [-0.1, -0.05) is 18.2 Å². The van der Waals surface area contributed by atoms with Crippen LogP contribution in [-0.4, -0.2) is 28.6 Å². The number of nitrogens with one attached hydrogen (secondary N) is 1. The second-order valence-corrected chi connectivity index (χ2v) is 5.07. The fraction of sp³-hybridized carbons (Fsp3) is 0.333. The molecule has 1 unspecified atom stereocenters. The third kappa shape index (κ3) is 1.99. The zero-order chi connectivity index (χ0) is 14.1. The summed E-state index contributed by atoms with van der Waals surface area (Å²) in [6, 6.07) is 10.2. The molecule has 2 heterocycles. The Morgan fingerprint density at radius 3 is 3.05 bits per heavy atom. The summed E-state index contributed by atoms with van der Waals surface area (Å²) >= 11 is 0. The zero-order valence-corrected chi connectivity index (χ0v) is 11.3. The number of urea groups is 1. The van der Waals surface area contributed by atoms with Crippen molar-refractivity contribution in [3.63, 3.8) is 0 Å². The lowest BCUT2D eigenvalue weighted by molar-refractivity contribution is 0.218. The lowest BCUT2D eigenvalue weighted by atomic mass is 10.1. The molecule has 20 heavy (non-hydrogen) atoms. The predicted octanol–water partition coefficient (Wildman–Crippen LogP) is 2.16. The fourth-order valence-corrected chi connectivity index (χ4v) is 2.79. The van der Waals surface area contributed by atoms with Gasteiger partial charge in [-0.15, -0.1) is 0 Å². The molecule has 1 fully saturated rings. The predicted molar refractivity (Wildman–Crippen MR) is 76.0 cm³/mol. The maximum Gasteiger partial charge on any atom is 0.318 e. The first-order valence-corrected chi connectivity index (χ1v) is 6.67. The smallest absolute Gasteiger partial charge is 0.318 e. The molecule has 1 aliphatic heterocycles. The van der Waals surface area contributed by atoms with E-state index in [1.165, 1.54) is 5.39 Å². The fourth-order valence-electron chi connectivity index (χ4n) is 2.79. The lowest BCUT2D eigenvalue weighted by Gasteiger charge is -2.12.